The lowest BCUT2D eigenvalue weighted by atomic mass is 10.1. The molecule has 1 unspecified atom stereocenters. The van der Waals surface area contributed by atoms with Gasteiger partial charge >= 0.3 is 0 Å². The Bertz CT molecular complexity index is 988. The number of rotatable bonds is 5. The van der Waals surface area contributed by atoms with E-state index in [-0.39, 0.29) is 0 Å². The van der Waals surface area contributed by atoms with Crippen molar-refractivity contribution in [3.05, 3.63) is 103 Å². The van der Waals surface area contributed by atoms with Crippen LogP contribution in [-0.4, -0.2) is 7.11 Å². The molecule has 0 saturated heterocycles. The second-order valence-electron chi connectivity index (χ2n) is 6.27. The molecule has 0 N–H and O–H groups in total. The molecule has 1 nitrogen and oxygen atoms in total. The lowest BCUT2D eigenvalue weighted by Gasteiger charge is -2.21. The van der Waals surface area contributed by atoms with E-state index in [1.807, 2.05) is 0 Å². The minimum absolute atomic E-state index is 0.482. The highest BCUT2D eigenvalue weighted by Crippen LogP contribution is 2.40. The number of fused-ring (bicyclic) bond motifs is 1. The van der Waals surface area contributed by atoms with Gasteiger partial charge in [-0.3, -0.25) is 0 Å². The van der Waals surface area contributed by atoms with Crippen LogP contribution in [0.2, 0.25) is 0 Å². The molecule has 4 aromatic rings. The Morgan fingerprint density at radius 1 is 0.692 bits per heavy atom. The van der Waals surface area contributed by atoms with Crippen LogP contribution < -0.4 is 15.3 Å². The second kappa shape index (κ2) is 7.72. The van der Waals surface area contributed by atoms with Crippen molar-refractivity contribution in [2.75, 3.05) is 7.11 Å². The highest BCUT2D eigenvalue weighted by molar-refractivity contribution is 7.72. The Hall–Kier alpha value is -2.63. The smallest absolute Gasteiger partial charge is 0.118 e. The largest absolute Gasteiger partial charge is 0.497 e. The molecular formula is C24H21OP. The van der Waals surface area contributed by atoms with E-state index in [0.29, 0.717) is 0 Å². The van der Waals surface area contributed by atoms with Crippen LogP contribution in [0, 0.1) is 0 Å². The number of hydrogen-bond donors (Lipinski definition) is 0. The summed E-state index contributed by atoms with van der Waals surface area (Å²) in [7, 11) is 1.23. The highest BCUT2D eigenvalue weighted by Gasteiger charge is 2.17. The lowest BCUT2D eigenvalue weighted by molar-refractivity contribution is 0.414. The van der Waals surface area contributed by atoms with Crippen molar-refractivity contribution in [2.24, 2.45) is 0 Å². The van der Waals surface area contributed by atoms with E-state index in [9.17, 15) is 0 Å². The van der Waals surface area contributed by atoms with Gasteiger partial charge in [-0.2, -0.15) is 0 Å². The van der Waals surface area contributed by atoms with Crippen LogP contribution in [0.25, 0.3) is 10.8 Å². The number of methoxy groups -OCH3 is 1. The van der Waals surface area contributed by atoms with Crippen molar-refractivity contribution in [1.29, 1.82) is 0 Å². The minimum atomic E-state index is -0.482. The summed E-state index contributed by atoms with van der Waals surface area (Å²) in [6, 6.07) is 34.7. The Balaban J connectivity index is 1.80. The second-order valence-corrected chi connectivity index (χ2v) is 8.44. The third kappa shape index (κ3) is 3.49. The van der Waals surface area contributed by atoms with Gasteiger partial charge in [0, 0.05) is 6.16 Å². The fourth-order valence-corrected chi connectivity index (χ4v) is 5.78. The molecular weight excluding hydrogens is 335 g/mol. The summed E-state index contributed by atoms with van der Waals surface area (Å²) in [6.45, 7) is 0. The molecule has 0 aromatic heterocycles. The third-order valence-corrected chi connectivity index (χ3v) is 7.20. The normalized spacial score (nSPS) is 12.0. The van der Waals surface area contributed by atoms with E-state index in [2.05, 4.69) is 97.1 Å². The first-order chi connectivity index (χ1) is 12.8. The maximum atomic E-state index is 5.31. The average molecular weight is 356 g/mol. The van der Waals surface area contributed by atoms with Gasteiger partial charge in [0.1, 0.15) is 5.75 Å². The monoisotopic (exact) mass is 356 g/mol. The molecule has 26 heavy (non-hydrogen) atoms. The van der Waals surface area contributed by atoms with Crippen molar-refractivity contribution in [1.82, 2.24) is 0 Å². The van der Waals surface area contributed by atoms with Gasteiger partial charge in [0.05, 0.1) is 7.11 Å². The van der Waals surface area contributed by atoms with Gasteiger partial charge in [-0.05, 0) is 47.0 Å². The summed E-state index contributed by atoms with van der Waals surface area (Å²) in [5, 5.41) is 5.52. The van der Waals surface area contributed by atoms with Crippen LogP contribution in [0.1, 0.15) is 5.56 Å². The zero-order chi connectivity index (χ0) is 17.8. The zero-order valence-corrected chi connectivity index (χ0v) is 15.7. The standard InChI is InChI=1S/C24H21OP/c1-25-21-16-14-19(15-17-21)18-26(22-10-3-2-4-11-22)24-13-7-9-20-8-5-6-12-23(20)24/h2-17H,18H2,1H3. The maximum Gasteiger partial charge on any atom is 0.118 e. The van der Waals surface area contributed by atoms with E-state index >= 15 is 0 Å². The maximum absolute atomic E-state index is 5.31. The van der Waals surface area contributed by atoms with Crippen LogP contribution in [0.4, 0.5) is 0 Å². The summed E-state index contributed by atoms with van der Waals surface area (Å²) >= 11 is 0. The highest BCUT2D eigenvalue weighted by atomic mass is 31.1. The average Bonchev–Trinajstić information content (AvgIpc) is 2.73. The first kappa shape index (κ1) is 16.8. The molecule has 4 rings (SSSR count). The summed E-state index contributed by atoms with van der Waals surface area (Å²) in [6.07, 6.45) is 1.03. The van der Waals surface area contributed by atoms with Gasteiger partial charge in [0.15, 0.2) is 0 Å². The van der Waals surface area contributed by atoms with Crippen LogP contribution in [-0.2, 0) is 6.16 Å². The molecule has 0 aliphatic heterocycles. The molecule has 0 fully saturated rings. The molecule has 4 aromatic carbocycles. The van der Waals surface area contributed by atoms with Gasteiger partial charge in [-0.1, -0.05) is 84.9 Å². The predicted molar refractivity (Wildman–Crippen MR) is 113 cm³/mol. The molecule has 0 amide bonds. The Kier molecular flexibility index (Phi) is 5.00. The minimum Gasteiger partial charge on any atom is -0.497 e. The fourth-order valence-electron chi connectivity index (χ4n) is 3.28. The number of benzene rings is 4. The molecule has 0 aliphatic rings. The first-order valence-corrected chi connectivity index (χ1v) is 10.3. The molecule has 0 aliphatic carbocycles. The predicted octanol–water partition coefficient (Wildman–Crippen LogP) is 5.48. The van der Waals surface area contributed by atoms with Crippen LogP contribution in [0.3, 0.4) is 0 Å². The Morgan fingerprint density at radius 2 is 1.38 bits per heavy atom. The van der Waals surface area contributed by atoms with E-state index < -0.39 is 7.92 Å². The molecule has 2 heteroatoms. The molecule has 0 saturated carbocycles. The number of hydrogen-bond acceptors (Lipinski definition) is 1. The summed E-state index contributed by atoms with van der Waals surface area (Å²) in [5.41, 5.74) is 1.34. The molecule has 1 atom stereocenters. The third-order valence-electron chi connectivity index (χ3n) is 4.63. The molecule has 0 heterocycles. The van der Waals surface area contributed by atoms with Gasteiger partial charge < -0.3 is 4.74 Å². The van der Waals surface area contributed by atoms with E-state index in [1.165, 1.54) is 26.9 Å². The van der Waals surface area contributed by atoms with Crippen molar-refractivity contribution >= 4 is 29.3 Å². The van der Waals surface area contributed by atoms with Gasteiger partial charge in [-0.15, -0.1) is 0 Å². The van der Waals surface area contributed by atoms with Crippen LogP contribution in [0.5, 0.6) is 5.75 Å². The van der Waals surface area contributed by atoms with Crippen molar-refractivity contribution < 1.29 is 4.74 Å². The Morgan fingerprint density at radius 3 is 2.15 bits per heavy atom. The summed E-state index contributed by atoms with van der Waals surface area (Å²) in [5.74, 6) is 0.906. The van der Waals surface area contributed by atoms with Crippen molar-refractivity contribution in [2.45, 2.75) is 6.16 Å². The Labute approximate surface area is 156 Å². The zero-order valence-electron chi connectivity index (χ0n) is 14.8. The van der Waals surface area contributed by atoms with E-state index in [0.717, 1.165) is 11.9 Å². The molecule has 128 valence electrons. The molecule has 0 spiro atoms. The van der Waals surface area contributed by atoms with Crippen LogP contribution in [0.15, 0.2) is 97.1 Å². The van der Waals surface area contributed by atoms with E-state index in [1.54, 1.807) is 7.11 Å². The topological polar surface area (TPSA) is 9.23 Å². The fraction of sp³-hybridized carbons (Fsp3) is 0.0833. The lowest BCUT2D eigenvalue weighted by Crippen LogP contribution is -2.14. The van der Waals surface area contributed by atoms with Crippen molar-refractivity contribution in [3.8, 4) is 5.75 Å². The quantitative estimate of drug-likeness (QED) is 0.430. The van der Waals surface area contributed by atoms with Crippen molar-refractivity contribution in [3.63, 3.8) is 0 Å². The molecule has 0 radical (unpaired) electrons. The van der Waals surface area contributed by atoms with Gasteiger partial charge in [0.25, 0.3) is 0 Å². The summed E-state index contributed by atoms with van der Waals surface area (Å²) < 4.78 is 5.31. The number of ether oxygens (including phenoxy) is 1. The van der Waals surface area contributed by atoms with Gasteiger partial charge in [0.2, 0.25) is 0 Å². The summed E-state index contributed by atoms with van der Waals surface area (Å²) in [4.78, 5) is 0. The van der Waals surface area contributed by atoms with E-state index in [4.69, 9.17) is 4.74 Å². The molecule has 0 bridgehead atoms. The SMILES string of the molecule is COc1ccc(CP(c2ccccc2)c2cccc3ccccc23)cc1. The van der Waals surface area contributed by atoms with Crippen LogP contribution >= 0.6 is 7.92 Å². The first-order valence-electron chi connectivity index (χ1n) is 8.78. The van der Waals surface area contributed by atoms with Gasteiger partial charge in [-0.25, -0.2) is 0 Å².